The number of halogens is 2. The van der Waals surface area contributed by atoms with E-state index in [0.717, 1.165) is 41.3 Å². The Kier molecular flexibility index (Phi) is 6.59. The number of benzene rings is 1. The molecule has 2 aliphatic heterocycles. The van der Waals surface area contributed by atoms with Crippen LogP contribution >= 0.6 is 0 Å². The minimum absolute atomic E-state index is 0.0774. The molecule has 0 unspecified atom stereocenters. The number of carbonyl (C=O) groups is 1. The van der Waals surface area contributed by atoms with Crippen molar-refractivity contribution in [1.82, 2.24) is 24.6 Å². The van der Waals surface area contributed by atoms with Crippen molar-refractivity contribution in [2.45, 2.75) is 39.2 Å². The smallest absolute Gasteiger partial charge is 0.251 e. The lowest BCUT2D eigenvalue weighted by Gasteiger charge is -2.37. The zero-order chi connectivity index (χ0) is 25.3. The van der Waals surface area contributed by atoms with Gasteiger partial charge in [-0.1, -0.05) is 18.2 Å². The highest BCUT2D eigenvalue weighted by Crippen LogP contribution is 2.32. The van der Waals surface area contributed by atoms with Gasteiger partial charge in [0.05, 0.1) is 5.69 Å². The van der Waals surface area contributed by atoms with Crippen LogP contribution in [0.1, 0.15) is 24.2 Å². The fourth-order valence-corrected chi connectivity index (χ4v) is 4.91. The monoisotopic (exact) mass is 495 g/mol. The summed E-state index contributed by atoms with van der Waals surface area (Å²) in [5.74, 6) is -2.03. The quantitative estimate of drug-likeness (QED) is 0.539. The minimum atomic E-state index is -2.60. The summed E-state index contributed by atoms with van der Waals surface area (Å²) in [6.45, 7) is 7.39. The van der Waals surface area contributed by atoms with Gasteiger partial charge in [0.15, 0.2) is 0 Å². The first-order valence-electron chi connectivity index (χ1n) is 12.4. The molecule has 0 spiro atoms. The Bertz CT molecular complexity index is 1210. The van der Waals surface area contributed by atoms with Gasteiger partial charge < -0.3 is 14.7 Å². The van der Waals surface area contributed by atoms with E-state index in [2.05, 4.69) is 26.0 Å². The molecule has 0 saturated carbocycles. The van der Waals surface area contributed by atoms with E-state index in [1.54, 1.807) is 17.1 Å². The molecule has 0 bridgehead atoms. The van der Waals surface area contributed by atoms with Crippen LogP contribution < -0.4 is 9.80 Å². The molecule has 2 aliphatic rings. The summed E-state index contributed by atoms with van der Waals surface area (Å²) < 4.78 is 28.7. The van der Waals surface area contributed by atoms with Crippen LogP contribution in [0.5, 0.6) is 0 Å². The molecule has 4 heterocycles. The number of aromatic nitrogens is 4. The van der Waals surface area contributed by atoms with Crippen molar-refractivity contribution >= 4 is 17.5 Å². The van der Waals surface area contributed by atoms with E-state index >= 15 is 0 Å². The number of piperazine rings is 1. The zero-order valence-corrected chi connectivity index (χ0v) is 20.7. The van der Waals surface area contributed by atoms with Crippen LogP contribution in [0.4, 0.5) is 20.4 Å². The first-order valence-corrected chi connectivity index (χ1v) is 12.4. The Morgan fingerprint density at radius 1 is 0.944 bits per heavy atom. The summed E-state index contributed by atoms with van der Waals surface area (Å²) in [6, 6.07) is 10.1. The van der Waals surface area contributed by atoms with E-state index < -0.39 is 5.92 Å². The van der Waals surface area contributed by atoms with Crippen LogP contribution in [0.3, 0.4) is 0 Å². The summed E-state index contributed by atoms with van der Waals surface area (Å²) in [4.78, 5) is 27.8. The van der Waals surface area contributed by atoms with Gasteiger partial charge in [0.1, 0.15) is 6.54 Å². The standard InChI is InChI=1S/C26H31F2N7O/c1-19-15-20(2)35(31-19)18-24(36)33-13-11-32(12-14-33)23-6-4-3-5-22(23)21-16-29-25(30-17-21)34-9-7-26(27,28)8-10-34/h3-6,15-17H,7-14,18H2,1-2H3. The summed E-state index contributed by atoms with van der Waals surface area (Å²) >= 11 is 0. The molecule has 0 radical (unpaired) electrons. The molecule has 190 valence electrons. The van der Waals surface area contributed by atoms with E-state index in [4.69, 9.17) is 0 Å². The van der Waals surface area contributed by atoms with Crippen LogP contribution in [0.2, 0.25) is 0 Å². The molecule has 1 aromatic carbocycles. The number of piperidine rings is 1. The number of rotatable bonds is 5. The molecule has 5 rings (SSSR count). The van der Waals surface area contributed by atoms with E-state index in [1.165, 1.54) is 0 Å². The predicted octanol–water partition coefficient (Wildman–Crippen LogP) is 3.54. The zero-order valence-electron chi connectivity index (χ0n) is 20.7. The Hall–Kier alpha value is -3.56. The lowest BCUT2D eigenvalue weighted by molar-refractivity contribution is -0.132. The molecule has 8 nitrogen and oxygen atoms in total. The molecule has 0 N–H and O–H groups in total. The first-order chi connectivity index (χ1) is 17.3. The summed E-state index contributed by atoms with van der Waals surface area (Å²) in [6.07, 6.45) is 3.19. The average molecular weight is 496 g/mol. The van der Waals surface area contributed by atoms with Crippen LogP contribution in [0, 0.1) is 13.8 Å². The van der Waals surface area contributed by atoms with Crippen molar-refractivity contribution in [3.63, 3.8) is 0 Å². The summed E-state index contributed by atoms with van der Waals surface area (Å²) in [7, 11) is 0. The van der Waals surface area contributed by atoms with Gasteiger partial charge in [-0.2, -0.15) is 5.10 Å². The molecule has 2 fully saturated rings. The van der Waals surface area contributed by atoms with Crippen LogP contribution in [0.15, 0.2) is 42.7 Å². The molecule has 36 heavy (non-hydrogen) atoms. The third kappa shape index (κ3) is 5.17. The second-order valence-electron chi connectivity index (χ2n) is 9.58. The van der Waals surface area contributed by atoms with E-state index in [1.807, 2.05) is 47.9 Å². The third-order valence-corrected chi connectivity index (χ3v) is 6.99. The van der Waals surface area contributed by atoms with Crippen molar-refractivity contribution in [2.75, 3.05) is 49.1 Å². The van der Waals surface area contributed by atoms with Gasteiger partial charge in [0.2, 0.25) is 11.9 Å². The van der Waals surface area contributed by atoms with Gasteiger partial charge in [0.25, 0.3) is 5.92 Å². The Morgan fingerprint density at radius 3 is 2.25 bits per heavy atom. The number of alkyl halides is 2. The maximum atomic E-state index is 13.5. The molecule has 0 atom stereocenters. The topological polar surface area (TPSA) is 70.4 Å². The van der Waals surface area contributed by atoms with Gasteiger partial charge in [0, 0.05) is 87.0 Å². The molecule has 10 heteroatoms. The Labute approximate surface area is 209 Å². The fraction of sp³-hybridized carbons (Fsp3) is 0.462. The third-order valence-electron chi connectivity index (χ3n) is 6.99. The van der Waals surface area contributed by atoms with Gasteiger partial charge in [-0.25, -0.2) is 18.7 Å². The minimum Gasteiger partial charge on any atom is -0.367 e. The van der Waals surface area contributed by atoms with Crippen molar-refractivity contribution in [3.05, 3.63) is 54.1 Å². The van der Waals surface area contributed by atoms with E-state index in [-0.39, 0.29) is 38.4 Å². The van der Waals surface area contributed by atoms with Gasteiger partial charge in [-0.3, -0.25) is 9.48 Å². The van der Waals surface area contributed by atoms with Crippen LogP contribution in [0.25, 0.3) is 11.1 Å². The highest BCUT2D eigenvalue weighted by atomic mass is 19.3. The van der Waals surface area contributed by atoms with Gasteiger partial charge in [-0.05, 0) is 26.0 Å². The number of amides is 1. The molecule has 2 saturated heterocycles. The van der Waals surface area contributed by atoms with Crippen molar-refractivity contribution in [2.24, 2.45) is 0 Å². The maximum Gasteiger partial charge on any atom is 0.251 e. The highest BCUT2D eigenvalue weighted by Gasteiger charge is 2.34. The lowest BCUT2D eigenvalue weighted by atomic mass is 10.1. The number of carbonyl (C=O) groups excluding carboxylic acids is 1. The molecule has 0 aliphatic carbocycles. The summed E-state index contributed by atoms with van der Waals surface area (Å²) in [5, 5.41) is 4.41. The molecular weight excluding hydrogens is 464 g/mol. The highest BCUT2D eigenvalue weighted by molar-refractivity contribution is 5.79. The molecule has 2 aromatic heterocycles. The number of hydrogen-bond acceptors (Lipinski definition) is 6. The number of nitrogens with zero attached hydrogens (tertiary/aromatic N) is 7. The van der Waals surface area contributed by atoms with Crippen molar-refractivity contribution in [3.8, 4) is 11.1 Å². The van der Waals surface area contributed by atoms with Gasteiger partial charge in [-0.15, -0.1) is 0 Å². The first kappa shape index (κ1) is 24.1. The summed E-state index contributed by atoms with van der Waals surface area (Å²) in [5.41, 5.74) is 4.85. The van der Waals surface area contributed by atoms with Gasteiger partial charge >= 0.3 is 0 Å². The van der Waals surface area contributed by atoms with Crippen molar-refractivity contribution < 1.29 is 13.6 Å². The van der Waals surface area contributed by atoms with Crippen LogP contribution in [-0.2, 0) is 11.3 Å². The lowest BCUT2D eigenvalue weighted by Crippen LogP contribution is -2.49. The average Bonchev–Trinajstić information content (AvgIpc) is 3.20. The number of aryl methyl sites for hydroxylation is 2. The molecular formula is C26H31F2N7O. The van der Waals surface area contributed by atoms with Crippen LogP contribution in [-0.4, -0.2) is 75.7 Å². The van der Waals surface area contributed by atoms with Crippen molar-refractivity contribution in [1.29, 1.82) is 0 Å². The predicted molar refractivity (Wildman–Crippen MR) is 134 cm³/mol. The van der Waals surface area contributed by atoms with E-state index in [0.29, 0.717) is 19.0 Å². The number of hydrogen-bond donors (Lipinski definition) is 0. The largest absolute Gasteiger partial charge is 0.367 e. The molecule has 3 aromatic rings. The maximum absolute atomic E-state index is 13.5. The SMILES string of the molecule is Cc1cc(C)n(CC(=O)N2CCN(c3ccccc3-c3cnc(N4CCC(F)(F)CC4)nc3)CC2)n1. The Morgan fingerprint density at radius 2 is 1.61 bits per heavy atom. The Balaban J connectivity index is 1.24. The fourth-order valence-electron chi connectivity index (χ4n) is 4.91. The number of para-hydroxylation sites is 1. The van der Waals surface area contributed by atoms with E-state index in [9.17, 15) is 13.6 Å². The second kappa shape index (κ2) is 9.83. The normalized spacial score (nSPS) is 17.9. The second-order valence-corrected chi connectivity index (χ2v) is 9.58. The molecule has 1 amide bonds. The number of anilines is 2.